The Morgan fingerprint density at radius 2 is 2.19 bits per heavy atom. The highest BCUT2D eigenvalue weighted by Gasteiger charge is 2.12. The topological polar surface area (TPSA) is 30.5 Å². The molecule has 1 aliphatic heterocycles. The van der Waals surface area contributed by atoms with Crippen LogP contribution >= 0.6 is 0 Å². The van der Waals surface area contributed by atoms with Crippen molar-refractivity contribution < 1.29 is 9.47 Å². The van der Waals surface area contributed by atoms with E-state index in [9.17, 15) is 0 Å². The molecule has 1 fully saturated rings. The van der Waals surface area contributed by atoms with Crippen molar-refractivity contribution in [3.8, 4) is 5.75 Å². The highest BCUT2D eigenvalue weighted by Crippen LogP contribution is 2.13. The van der Waals surface area contributed by atoms with Crippen LogP contribution in [-0.4, -0.2) is 26.4 Å². The van der Waals surface area contributed by atoms with Crippen LogP contribution in [0.2, 0.25) is 0 Å². The molecule has 0 unspecified atom stereocenters. The molecule has 0 bridgehead atoms. The van der Waals surface area contributed by atoms with Gasteiger partial charge in [0.1, 0.15) is 5.75 Å². The second-order valence-corrected chi connectivity index (χ2v) is 4.12. The number of ether oxygens (including phenoxy) is 2. The van der Waals surface area contributed by atoms with Gasteiger partial charge in [0.2, 0.25) is 0 Å². The van der Waals surface area contributed by atoms with Gasteiger partial charge in [0, 0.05) is 25.8 Å². The highest BCUT2D eigenvalue weighted by atomic mass is 16.5. The maximum Gasteiger partial charge on any atom is 0.119 e. The molecule has 3 nitrogen and oxygen atoms in total. The van der Waals surface area contributed by atoms with Crippen molar-refractivity contribution in [2.45, 2.75) is 25.4 Å². The van der Waals surface area contributed by atoms with Gasteiger partial charge in [0.25, 0.3) is 0 Å². The van der Waals surface area contributed by atoms with Gasteiger partial charge >= 0.3 is 0 Å². The van der Waals surface area contributed by atoms with Crippen LogP contribution in [0.5, 0.6) is 5.75 Å². The number of nitrogens with one attached hydrogen (secondary N) is 1. The number of methoxy groups -OCH3 is 1. The van der Waals surface area contributed by atoms with E-state index in [0.29, 0.717) is 6.04 Å². The van der Waals surface area contributed by atoms with E-state index >= 15 is 0 Å². The van der Waals surface area contributed by atoms with Crippen molar-refractivity contribution in [2.24, 2.45) is 0 Å². The van der Waals surface area contributed by atoms with Crippen LogP contribution in [0.15, 0.2) is 24.3 Å². The summed E-state index contributed by atoms with van der Waals surface area (Å²) >= 11 is 0. The van der Waals surface area contributed by atoms with Crippen molar-refractivity contribution in [1.29, 1.82) is 0 Å². The average Bonchev–Trinajstić information content (AvgIpc) is 2.38. The second kappa shape index (κ2) is 5.87. The summed E-state index contributed by atoms with van der Waals surface area (Å²) in [6, 6.07) is 8.79. The summed E-state index contributed by atoms with van der Waals surface area (Å²) in [6.45, 7) is 2.67. The van der Waals surface area contributed by atoms with Crippen molar-refractivity contribution in [3.05, 3.63) is 29.8 Å². The van der Waals surface area contributed by atoms with Crippen LogP contribution in [0.4, 0.5) is 0 Å². The average molecular weight is 221 g/mol. The summed E-state index contributed by atoms with van der Waals surface area (Å²) in [5.41, 5.74) is 1.27. The molecule has 0 spiro atoms. The summed E-state index contributed by atoms with van der Waals surface area (Å²) in [5.74, 6) is 0.922. The molecule has 16 heavy (non-hydrogen) atoms. The van der Waals surface area contributed by atoms with Crippen LogP contribution in [-0.2, 0) is 11.3 Å². The molecule has 0 aliphatic carbocycles. The van der Waals surface area contributed by atoms with Crippen LogP contribution in [0.1, 0.15) is 18.4 Å². The third kappa shape index (κ3) is 3.22. The Kier molecular flexibility index (Phi) is 4.19. The first-order valence-electron chi connectivity index (χ1n) is 5.82. The Bertz CT molecular complexity index is 321. The van der Waals surface area contributed by atoms with Crippen LogP contribution in [0.3, 0.4) is 0 Å². The van der Waals surface area contributed by atoms with Gasteiger partial charge in [-0.25, -0.2) is 0 Å². The molecular formula is C13H19NO2. The van der Waals surface area contributed by atoms with E-state index < -0.39 is 0 Å². The van der Waals surface area contributed by atoms with Gasteiger partial charge in [-0.3, -0.25) is 0 Å². The molecule has 1 saturated heterocycles. The fourth-order valence-corrected chi connectivity index (χ4v) is 1.95. The van der Waals surface area contributed by atoms with Crippen LogP contribution < -0.4 is 10.1 Å². The van der Waals surface area contributed by atoms with E-state index in [0.717, 1.165) is 38.3 Å². The molecule has 88 valence electrons. The molecule has 0 aromatic heterocycles. The summed E-state index contributed by atoms with van der Waals surface area (Å²) < 4.78 is 10.5. The number of hydrogen-bond acceptors (Lipinski definition) is 3. The first kappa shape index (κ1) is 11.4. The Hall–Kier alpha value is -1.06. The second-order valence-electron chi connectivity index (χ2n) is 4.12. The summed E-state index contributed by atoms with van der Waals surface area (Å²) in [5, 5.41) is 3.55. The fraction of sp³-hybridized carbons (Fsp3) is 0.538. The van der Waals surface area contributed by atoms with Gasteiger partial charge in [-0.05, 0) is 30.5 Å². The van der Waals surface area contributed by atoms with Crippen LogP contribution in [0, 0.1) is 0 Å². The predicted molar refractivity (Wildman–Crippen MR) is 63.7 cm³/mol. The first-order chi connectivity index (χ1) is 7.88. The van der Waals surface area contributed by atoms with Crippen molar-refractivity contribution >= 4 is 0 Å². The lowest BCUT2D eigenvalue weighted by atomic mass is 10.1. The normalized spacial score (nSPS) is 17.3. The van der Waals surface area contributed by atoms with E-state index in [-0.39, 0.29) is 0 Å². The molecule has 0 saturated carbocycles. The molecule has 1 aromatic carbocycles. The molecule has 1 aliphatic rings. The van der Waals surface area contributed by atoms with Gasteiger partial charge in [-0.1, -0.05) is 12.1 Å². The minimum absolute atomic E-state index is 0.597. The van der Waals surface area contributed by atoms with Gasteiger partial charge in [0.15, 0.2) is 0 Å². The molecule has 3 heteroatoms. The zero-order valence-electron chi connectivity index (χ0n) is 9.74. The maximum atomic E-state index is 5.33. The van der Waals surface area contributed by atoms with Gasteiger partial charge in [-0.15, -0.1) is 0 Å². The zero-order valence-corrected chi connectivity index (χ0v) is 9.74. The van der Waals surface area contributed by atoms with Crippen molar-refractivity contribution in [3.63, 3.8) is 0 Å². The predicted octanol–water partition coefficient (Wildman–Crippen LogP) is 1.96. The van der Waals surface area contributed by atoms with E-state index in [1.807, 2.05) is 12.1 Å². The van der Waals surface area contributed by atoms with Crippen molar-refractivity contribution in [1.82, 2.24) is 5.32 Å². The minimum Gasteiger partial charge on any atom is -0.497 e. The Labute approximate surface area is 96.8 Å². The van der Waals surface area contributed by atoms with Gasteiger partial charge in [-0.2, -0.15) is 0 Å². The molecule has 0 atom stereocenters. The first-order valence-corrected chi connectivity index (χ1v) is 5.82. The maximum absolute atomic E-state index is 5.33. The van der Waals surface area contributed by atoms with E-state index in [2.05, 4.69) is 17.4 Å². The molecule has 0 radical (unpaired) electrons. The lowest BCUT2D eigenvalue weighted by Crippen LogP contribution is -2.34. The number of benzene rings is 1. The minimum atomic E-state index is 0.597. The lowest BCUT2D eigenvalue weighted by Gasteiger charge is -2.23. The summed E-state index contributed by atoms with van der Waals surface area (Å²) in [6.07, 6.45) is 2.23. The molecule has 1 heterocycles. The molecule has 1 N–H and O–H groups in total. The summed E-state index contributed by atoms with van der Waals surface area (Å²) in [7, 11) is 1.70. The Balaban J connectivity index is 1.83. The van der Waals surface area contributed by atoms with Gasteiger partial charge < -0.3 is 14.8 Å². The zero-order chi connectivity index (χ0) is 11.2. The quantitative estimate of drug-likeness (QED) is 0.843. The Morgan fingerprint density at radius 3 is 2.94 bits per heavy atom. The largest absolute Gasteiger partial charge is 0.497 e. The Morgan fingerprint density at radius 1 is 1.38 bits per heavy atom. The SMILES string of the molecule is COc1cccc(CNC2CCOCC2)c1. The van der Waals surface area contributed by atoms with Crippen LogP contribution in [0.25, 0.3) is 0 Å². The highest BCUT2D eigenvalue weighted by molar-refractivity contribution is 5.28. The standard InChI is InChI=1S/C13H19NO2/c1-15-13-4-2-3-11(9-13)10-14-12-5-7-16-8-6-12/h2-4,9,12,14H,5-8,10H2,1H3. The molecular weight excluding hydrogens is 202 g/mol. The number of rotatable bonds is 4. The number of hydrogen-bond donors (Lipinski definition) is 1. The van der Waals surface area contributed by atoms with Crippen molar-refractivity contribution in [2.75, 3.05) is 20.3 Å². The summed E-state index contributed by atoms with van der Waals surface area (Å²) in [4.78, 5) is 0. The third-order valence-electron chi connectivity index (χ3n) is 2.95. The monoisotopic (exact) mass is 221 g/mol. The van der Waals surface area contributed by atoms with E-state index in [1.165, 1.54) is 5.56 Å². The third-order valence-corrected chi connectivity index (χ3v) is 2.95. The molecule has 0 amide bonds. The van der Waals surface area contributed by atoms with E-state index in [4.69, 9.17) is 9.47 Å². The fourth-order valence-electron chi connectivity index (χ4n) is 1.95. The molecule has 2 rings (SSSR count). The molecule has 1 aromatic rings. The lowest BCUT2D eigenvalue weighted by molar-refractivity contribution is 0.0776. The van der Waals surface area contributed by atoms with Gasteiger partial charge in [0.05, 0.1) is 7.11 Å². The van der Waals surface area contributed by atoms with E-state index in [1.54, 1.807) is 7.11 Å². The smallest absolute Gasteiger partial charge is 0.119 e.